The van der Waals surface area contributed by atoms with Gasteiger partial charge in [0.05, 0.1) is 11.9 Å². The third kappa shape index (κ3) is 2.70. The van der Waals surface area contributed by atoms with Crippen molar-refractivity contribution in [3.8, 4) is 11.3 Å². The number of hydrogen-bond acceptors (Lipinski definition) is 4. The number of aromatic nitrogens is 2. The van der Waals surface area contributed by atoms with Crippen LogP contribution in [-0.2, 0) is 0 Å². The maximum absolute atomic E-state index is 11.7. The number of anilines is 1. The molecule has 0 atom stereocenters. The van der Waals surface area contributed by atoms with Crippen LogP contribution in [0.5, 0.6) is 0 Å². The maximum Gasteiger partial charge on any atom is 0.273 e. The van der Waals surface area contributed by atoms with Gasteiger partial charge in [-0.2, -0.15) is 0 Å². The molecule has 0 bridgehead atoms. The SMILES string of the molecule is CNC(=O)c1nc(-c2cc(C)cc(C)c2)cnc1N. The van der Waals surface area contributed by atoms with Crippen LogP contribution in [-0.4, -0.2) is 22.9 Å². The summed E-state index contributed by atoms with van der Waals surface area (Å²) in [6.45, 7) is 4.03. The average Bonchev–Trinajstić information content (AvgIpc) is 2.37. The second kappa shape index (κ2) is 5.06. The first-order valence-corrected chi connectivity index (χ1v) is 5.94. The Labute approximate surface area is 111 Å². The van der Waals surface area contributed by atoms with Crippen LogP contribution in [0.4, 0.5) is 5.82 Å². The van der Waals surface area contributed by atoms with Crippen LogP contribution < -0.4 is 11.1 Å². The van der Waals surface area contributed by atoms with E-state index in [4.69, 9.17) is 5.73 Å². The monoisotopic (exact) mass is 256 g/mol. The summed E-state index contributed by atoms with van der Waals surface area (Å²) >= 11 is 0. The van der Waals surface area contributed by atoms with Gasteiger partial charge in [0, 0.05) is 12.6 Å². The van der Waals surface area contributed by atoms with Crippen LogP contribution in [0.3, 0.4) is 0 Å². The highest BCUT2D eigenvalue weighted by Gasteiger charge is 2.13. The molecule has 2 aromatic rings. The van der Waals surface area contributed by atoms with Crippen molar-refractivity contribution in [3.05, 3.63) is 41.2 Å². The maximum atomic E-state index is 11.7. The number of carbonyl (C=O) groups is 1. The van der Waals surface area contributed by atoms with Crippen molar-refractivity contribution in [2.45, 2.75) is 13.8 Å². The lowest BCUT2D eigenvalue weighted by Crippen LogP contribution is -2.21. The van der Waals surface area contributed by atoms with E-state index in [9.17, 15) is 4.79 Å². The van der Waals surface area contributed by atoms with E-state index in [2.05, 4.69) is 21.4 Å². The van der Waals surface area contributed by atoms with Crippen molar-refractivity contribution in [3.63, 3.8) is 0 Å². The molecule has 2 rings (SSSR count). The molecule has 19 heavy (non-hydrogen) atoms. The highest BCUT2D eigenvalue weighted by Crippen LogP contribution is 2.21. The summed E-state index contributed by atoms with van der Waals surface area (Å²) in [4.78, 5) is 20.0. The van der Waals surface area contributed by atoms with Gasteiger partial charge in [-0.05, 0) is 26.0 Å². The number of rotatable bonds is 2. The molecular weight excluding hydrogens is 240 g/mol. The lowest BCUT2D eigenvalue weighted by Gasteiger charge is -2.07. The number of hydrogen-bond donors (Lipinski definition) is 2. The first-order valence-electron chi connectivity index (χ1n) is 5.94. The molecule has 1 aromatic heterocycles. The van der Waals surface area contributed by atoms with Crippen molar-refractivity contribution in [2.75, 3.05) is 12.8 Å². The fourth-order valence-electron chi connectivity index (χ4n) is 1.95. The van der Waals surface area contributed by atoms with Crippen molar-refractivity contribution < 1.29 is 4.79 Å². The molecule has 0 unspecified atom stereocenters. The summed E-state index contributed by atoms with van der Waals surface area (Å²) in [5.41, 5.74) is 9.65. The number of aryl methyl sites for hydroxylation is 2. The third-order valence-electron chi connectivity index (χ3n) is 2.76. The summed E-state index contributed by atoms with van der Waals surface area (Å²) in [7, 11) is 1.53. The van der Waals surface area contributed by atoms with Crippen LogP contribution in [0.15, 0.2) is 24.4 Å². The van der Waals surface area contributed by atoms with E-state index in [0.29, 0.717) is 5.69 Å². The number of nitrogens with zero attached hydrogens (tertiary/aromatic N) is 2. The first kappa shape index (κ1) is 13.0. The minimum absolute atomic E-state index is 0.132. The van der Waals surface area contributed by atoms with Crippen LogP contribution in [0.2, 0.25) is 0 Å². The van der Waals surface area contributed by atoms with Gasteiger partial charge < -0.3 is 11.1 Å². The minimum atomic E-state index is -0.337. The Balaban J connectivity index is 2.54. The van der Waals surface area contributed by atoms with Crippen LogP contribution in [0.1, 0.15) is 21.6 Å². The first-order chi connectivity index (χ1) is 9.01. The minimum Gasteiger partial charge on any atom is -0.382 e. The van der Waals surface area contributed by atoms with Gasteiger partial charge in [0.25, 0.3) is 5.91 Å². The quantitative estimate of drug-likeness (QED) is 0.857. The molecular formula is C14H16N4O. The van der Waals surface area contributed by atoms with Crippen molar-refractivity contribution in [1.82, 2.24) is 15.3 Å². The van der Waals surface area contributed by atoms with Gasteiger partial charge >= 0.3 is 0 Å². The molecule has 5 heteroatoms. The second-order valence-electron chi connectivity index (χ2n) is 4.44. The molecule has 1 aromatic carbocycles. The number of nitrogens with one attached hydrogen (secondary N) is 1. The van der Waals surface area contributed by atoms with E-state index in [1.165, 1.54) is 7.05 Å². The van der Waals surface area contributed by atoms with Crippen LogP contribution in [0.25, 0.3) is 11.3 Å². The Morgan fingerprint density at radius 1 is 1.21 bits per heavy atom. The van der Waals surface area contributed by atoms with Gasteiger partial charge in [-0.25, -0.2) is 9.97 Å². The molecule has 0 aliphatic rings. The zero-order chi connectivity index (χ0) is 14.0. The molecule has 1 amide bonds. The van der Waals surface area contributed by atoms with Crippen LogP contribution in [0, 0.1) is 13.8 Å². The molecule has 5 nitrogen and oxygen atoms in total. The molecule has 0 spiro atoms. The molecule has 0 aliphatic heterocycles. The summed E-state index contributed by atoms with van der Waals surface area (Å²) in [5, 5.41) is 2.50. The zero-order valence-corrected chi connectivity index (χ0v) is 11.2. The summed E-state index contributed by atoms with van der Waals surface area (Å²) in [6.07, 6.45) is 1.58. The van der Waals surface area contributed by atoms with E-state index in [-0.39, 0.29) is 17.4 Å². The predicted molar refractivity (Wildman–Crippen MR) is 74.7 cm³/mol. The summed E-state index contributed by atoms with van der Waals surface area (Å²) in [6, 6.07) is 6.08. The summed E-state index contributed by atoms with van der Waals surface area (Å²) in [5.74, 6) is -0.205. The van der Waals surface area contributed by atoms with E-state index in [1.54, 1.807) is 6.20 Å². The molecule has 0 saturated carbocycles. The van der Waals surface area contributed by atoms with E-state index in [0.717, 1.165) is 16.7 Å². The molecule has 0 fully saturated rings. The van der Waals surface area contributed by atoms with Crippen molar-refractivity contribution in [2.24, 2.45) is 0 Å². The number of nitrogens with two attached hydrogens (primary N) is 1. The number of amides is 1. The molecule has 1 heterocycles. The van der Waals surface area contributed by atoms with Crippen molar-refractivity contribution >= 4 is 11.7 Å². The third-order valence-corrected chi connectivity index (χ3v) is 2.76. The zero-order valence-electron chi connectivity index (χ0n) is 11.2. The lowest BCUT2D eigenvalue weighted by atomic mass is 10.1. The fourth-order valence-corrected chi connectivity index (χ4v) is 1.95. The number of benzene rings is 1. The van der Waals surface area contributed by atoms with Gasteiger partial charge in [0.15, 0.2) is 11.5 Å². The Kier molecular flexibility index (Phi) is 3.46. The fraction of sp³-hybridized carbons (Fsp3) is 0.214. The number of nitrogen functional groups attached to an aromatic ring is 1. The molecule has 0 radical (unpaired) electrons. The summed E-state index contributed by atoms with van der Waals surface area (Å²) < 4.78 is 0. The van der Waals surface area contributed by atoms with E-state index < -0.39 is 0 Å². The molecule has 3 N–H and O–H groups in total. The smallest absolute Gasteiger partial charge is 0.273 e. The largest absolute Gasteiger partial charge is 0.382 e. The van der Waals surface area contributed by atoms with Gasteiger partial charge in [0.2, 0.25) is 0 Å². The van der Waals surface area contributed by atoms with Gasteiger partial charge in [-0.1, -0.05) is 17.2 Å². The molecule has 98 valence electrons. The predicted octanol–water partition coefficient (Wildman–Crippen LogP) is 1.70. The highest BCUT2D eigenvalue weighted by atomic mass is 16.1. The normalized spacial score (nSPS) is 10.3. The second-order valence-corrected chi connectivity index (χ2v) is 4.44. The highest BCUT2D eigenvalue weighted by molar-refractivity contribution is 5.96. The standard InChI is InChI=1S/C14H16N4O/c1-8-4-9(2)6-10(5-8)11-7-17-13(15)12(18-11)14(19)16-3/h4-7H,1-3H3,(H2,15,17)(H,16,19). The topological polar surface area (TPSA) is 80.9 Å². The van der Waals surface area contributed by atoms with E-state index >= 15 is 0 Å². The Hall–Kier alpha value is -2.43. The van der Waals surface area contributed by atoms with E-state index in [1.807, 2.05) is 26.0 Å². The van der Waals surface area contributed by atoms with Crippen molar-refractivity contribution in [1.29, 1.82) is 0 Å². The Morgan fingerprint density at radius 2 is 1.84 bits per heavy atom. The van der Waals surface area contributed by atoms with Gasteiger partial charge in [0.1, 0.15) is 0 Å². The lowest BCUT2D eigenvalue weighted by molar-refractivity contribution is 0.0959. The Bertz CT molecular complexity index is 617. The van der Waals surface area contributed by atoms with Gasteiger partial charge in [-0.3, -0.25) is 4.79 Å². The average molecular weight is 256 g/mol. The van der Waals surface area contributed by atoms with Gasteiger partial charge in [-0.15, -0.1) is 0 Å². The Morgan fingerprint density at radius 3 is 2.42 bits per heavy atom. The van der Waals surface area contributed by atoms with Crippen LogP contribution >= 0.6 is 0 Å². The molecule has 0 aliphatic carbocycles. The number of carbonyl (C=O) groups excluding carboxylic acids is 1. The molecule has 0 saturated heterocycles.